The van der Waals surface area contributed by atoms with Crippen LogP contribution in [-0.2, 0) is 11.2 Å². The molecule has 1 aromatic carbocycles. The average molecular weight is 251 g/mol. The van der Waals surface area contributed by atoms with Crippen LogP contribution < -0.4 is 5.32 Å². The molecule has 1 amide bonds. The zero-order chi connectivity index (χ0) is 13.4. The van der Waals surface area contributed by atoms with E-state index < -0.39 is 0 Å². The van der Waals surface area contributed by atoms with Gasteiger partial charge >= 0.3 is 0 Å². The van der Waals surface area contributed by atoms with Crippen molar-refractivity contribution in [2.45, 2.75) is 45.6 Å². The van der Waals surface area contributed by atoms with Crippen molar-refractivity contribution in [1.82, 2.24) is 5.32 Å². The molecular formula is C15H22FNO. The first-order valence-corrected chi connectivity index (χ1v) is 6.55. The fraction of sp³-hybridized carbons (Fsp3) is 0.533. The summed E-state index contributed by atoms with van der Waals surface area (Å²) in [6.45, 7) is 3.28. The molecule has 1 atom stereocenters. The molecule has 0 unspecified atom stereocenters. The van der Waals surface area contributed by atoms with Crippen molar-refractivity contribution in [2.24, 2.45) is 0 Å². The predicted molar refractivity (Wildman–Crippen MR) is 72.2 cm³/mol. The van der Waals surface area contributed by atoms with E-state index in [2.05, 4.69) is 17.4 Å². The zero-order valence-corrected chi connectivity index (χ0v) is 11.2. The largest absolute Gasteiger partial charge is 0.350 e. The van der Waals surface area contributed by atoms with E-state index in [1.54, 1.807) is 0 Å². The highest BCUT2D eigenvalue weighted by Crippen LogP contribution is 2.14. The molecule has 0 saturated heterocycles. The number of carbonyl (C=O) groups excluding carboxylic acids is 1. The van der Waals surface area contributed by atoms with Crippen molar-refractivity contribution in [1.29, 1.82) is 0 Å². The summed E-state index contributed by atoms with van der Waals surface area (Å²) >= 11 is 0. The molecule has 0 aliphatic heterocycles. The molecule has 100 valence electrons. The summed E-state index contributed by atoms with van der Waals surface area (Å²) in [6.07, 6.45) is 3.64. The van der Waals surface area contributed by atoms with Gasteiger partial charge in [-0.3, -0.25) is 9.18 Å². The third-order valence-electron chi connectivity index (χ3n) is 3.00. The van der Waals surface area contributed by atoms with Gasteiger partial charge in [-0.25, -0.2) is 0 Å². The molecule has 0 fully saturated rings. The number of aryl methyl sites for hydroxylation is 1. The van der Waals surface area contributed by atoms with Crippen LogP contribution >= 0.6 is 0 Å². The maximum atomic E-state index is 11.9. The monoisotopic (exact) mass is 251 g/mol. The second kappa shape index (κ2) is 7.85. The molecule has 0 aliphatic carbocycles. The highest BCUT2D eigenvalue weighted by Gasteiger charge is 2.05. The summed E-state index contributed by atoms with van der Waals surface area (Å²) < 4.78 is 11.9. The van der Waals surface area contributed by atoms with E-state index in [4.69, 9.17) is 0 Å². The predicted octanol–water partition coefficient (Wildman–Crippen LogP) is 3.57. The van der Waals surface area contributed by atoms with Crippen molar-refractivity contribution < 1.29 is 9.18 Å². The van der Waals surface area contributed by atoms with Crippen LogP contribution in [0.15, 0.2) is 24.3 Å². The lowest BCUT2D eigenvalue weighted by Crippen LogP contribution is -2.23. The Morgan fingerprint density at radius 2 is 1.89 bits per heavy atom. The lowest BCUT2D eigenvalue weighted by atomic mass is 10.0. The van der Waals surface area contributed by atoms with Crippen LogP contribution in [0.3, 0.4) is 0 Å². The maximum Gasteiger partial charge on any atom is 0.217 e. The van der Waals surface area contributed by atoms with Gasteiger partial charge in [-0.1, -0.05) is 30.7 Å². The number of nitrogens with one attached hydrogen (secondary N) is 1. The van der Waals surface area contributed by atoms with E-state index in [0.29, 0.717) is 6.42 Å². The fourth-order valence-electron chi connectivity index (χ4n) is 1.96. The average Bonchev–Trinajstić information content (AvgIpc) is 2.34. The molecule has 1 aromatic rings. The molecule has 0 spiro atoms. The highest BCUT2D eigenvalue weighted by molar-refractivity contribution is 5.73. The number of carbonyl (C=O) groups is 1. The van der Waals surface area contributed by atoms with Gasteiger partial charge in [-0.15, -0.1) is 0 Å². The minimum atomic E-state index is -0.215. The summed E-state index contributed by atoms with van der Waals surface area (Å²) in [6, 6.07) is 8.31. The Hall–Kier alpha value is -1.38. The van der Waals surface area contributed by atoms with Crippen molar-refractivity contribution >= 4 is 5.91 Å². The van der Waals surface area contributed by atoms with Gasteiger partial charge in [0, 0.05) is 6.92 Å². The quantitative estimate of drug-likeness (QED) is 0.737. The van der Waals surface area contributed by atoms with Gasteiger partial charge in [0.25, 0.3) is 0 Å². The normalized spacial score (nSPS) is 12.2. The lowest BCUT2D eigenvalue weighted by Gasteiger charge is -2.13. The number of unbranched alkanes of at least 4 members (excludes halogenated alkanes) is 2. The number of amides is 1. The van der Waals surface area contributed by atoms with Crippen molar-refractivity contribution in [3.63, 3.8) is 0 Å². The third kappa shape index (κ3) is 5.30. The minimum Gasteiger partial charge on any atom is -0.350 e. The van der Waals surface area contributed by atoms with E-state index in [-0.39, 0.29) is 18.6 Å². The molecule has 0 saturated carbocycles. The number of alkyl halides is 1. The Morgan fingerprint density at radius 1 is 1.22 bits per heavy atom. The zero-order valence-electron chi connectivity index (χ0n) is 11.2. The first-order chi connectivity index (χ1) is 8.63. The van der Waals surface area contributed by atoms with E-state index in [0.717, 1.165) is 24.8 Å². The third-order valence-corrected chi connectivity index (χ3v) is 3.00. The summed E-state index contributed by atoms with van der Waals surface area (Å²) in [7, 11) is 0. The Kier molecular flexibility index (Phi) is 6.40. The van der Waals surface area contributed by atoms with Crippen molar-refractivity contribution in [3.05, 3.63) is 35.4 Å². The molecule has 1 rings (SSSR count). The van der Waals surface area contributed by atoms with E-state index in [9.17, 15) is 9.18 Å². The standard InChI is InChI=1S/C15H22FNO/c1-12(17-13(2)18)15-9-7-14(8-10-15)6-4-3-5-11-16/h7-10,12H,3-6,11H2,1-2H3,(H,17,18)/t12-/m0/s1. The second-order valence-corrected chi connectivity index (χ2v) is 4.66. The van der Waals surface area contributed by atoms with Gasteiger partial charge in [0.1, 0.15) is 0 Å². The summed E-state index contributed by atoms with van der Waals surface area (Å²) in [5.74, 6) is -0.0159. The van der Waals surface area contributed by atoms with Crippen LogP contribution in [0.2, 0.25) is 0 Å². The smallest absolute Gasteiger partial charge is 0.217 e. The lowest BCUT2D eigenvalue weighted by molar-refractivity contribution is -0.119. The van der Waals surface area contributed by atoms with Gasteiger partial charge in [0.15, 0.2) is 0 Å². The van der Waals surface area contributed by atoms with Gasteiger partial charge in [-0.05, 0) is 37.3 Å². The highest BCUT2D eigenvalue weighted by atomic mass is 19.1. The summed E-state index contributed by atoms with van der Waals surface area (Å²) in [5, 5.41) is 2.86. The van der Waals surface area contributed by atoms with Crippen LogP contribution in [-0.4, -0.2) is 12.6 Å². The molecule has 0 radical (unpaired) electrons. The Labute approximate surface area is 109 Å². The molecule has 0 bridgehead atoms. The van der Waals surface area contributed by atoms with E-state index >= 15 is 0 Å². The van der Waals surface area contributed by atoms with E-state index in [1.165, 1.54) is 12.5 Å². The van der Waals surface area contributed by atoms with Crippen LogP contribution in [0.4, 0.5) is 4.39 Å². The SMILES string of the molecule is CC(=O)N[C@@H](C)c1ccc(CCCCCF)cc1. The van der Waals surface area contributed by atoms with Gasteiger partial charge in [0.05, 0.1) is 12.7 Å². The number of benzene rings is 1. The van der Waals surface area contributed by atoms with E-state index in [1.807, 2.05) is 19.1 Å². The maximum absolute atomic E-state index is 11.9. The van der Waals surface area contributed by atoms with Gasteiger partial charge < -0.3 is 5.32 Å². The topological polar surface area (TPSA) is 29.1 Å². The molecule has 1 N–H and O–H groups in total. The number of hydrogen-bond donors (Lipinski definition) is 1. The molecule has 0 heterocycles. The molecule has 3 heteroatoms. The second-order valence-electron chi connectivity index (χ2n) is 4.66. The van der Waals surface area contributed by atoms with Gasteiger partial charge in [0.2, 0.25) is 5.91 Å². The van der Waals surface area contributed by atoms with Crippen LogP contribution in [0, 0.1) is 0 Å². The molecule has 18 heavy (non-hydrogen) atoms. The fourth-order valence-corrected chi connectivity index (χ4v) is 1.96. The molecule has 0 aliphatic rings. The summed E-state index contributed by atoms with van der Waals surface area (Å²) in [4.78, 5) is 11.0. The number of halogens is 1. The number of hydrogen-bond acceptors (Lipinski definition) is 1. The van der Waals surface area contributed by atoms with Crippen molar-refractivity contribution in [2.75, 3.05) is 6.67 Å². The molecular weight excluding hydrogens is 229 g/mol. The Bertz CT molecular complexity index is 361. The van der Waals surface area contributed by atoms with Gasteiger partial charge in [-0.2, -0.15) is 0 Å². The first kappa shape index (κ1) is 14.7. The minimum absolute atomic E-state index is 0.0159. The molecule has 0 aromatic heterocycles. The first-order valence-electron chi connectivity index (χ1n) is 6.55. The molecule has 2 nitrogen and oxygen atoms in total. The summed E-state index contributed by atoms with van der Waals surface area (Å²) in [5.41, 5.74) is 2.38. The van der Waals surface area contributed by atoms with Crippen LogP contribution in [0.1, 0.15) is 50.3 Å². The Morgan fingerprint density at radius 3 is 2.44 bits per heavy atom. The van der Waals surface area contributed by atoms with Crippen LogP contribution in [0.25, 0.3) is 0 Å². The van der Waals surface area contributed by atoms with Crippen molar-refractivity contribution in [3.8, 4) is 0 Å². The number of rotatable bonds is 7. The Balaban J connectivity index is 2.44. The van der Waals surface area contributed by atoms with Crippen LogP contribution in [0.5, 0.6) is 0 Å².